The maximum absolute atomic E-state index is 12.9. The lowest BCUT2D eigenvalue weighted by Crippen LogP contribution is -2.33. The molecule has 9 nitrogen and oxygen atoms in total. The summed E-state index contributed by atoms with van der Waals surface area (Å²) in [5.41, 5.74) is 0.144. The van der Waals surface area contributed by atoms with Crippen LogP contribution in [0.5, 0.6) is 5.75 Å². The lowest BCUT2D eigenvalue weighted by Gasteiger charge is -2.32. The fourth-order valence-corrected chi connectivity index (χ4v) is 3.82. The molecule has 0 saturated heterocycles. The van der Waals surface area contributed by atoms with Gasteiger partial charge in [-0.15, -0.1) is 6.42 Å². The first-order valence-corrected chi connectivity index (χ1v) is 10.5. The Labute approximate surface area is 192 Å². The molecule has 1 fully saturated rings. The Kier molecular flexibility index (Phi) is 7.41. The van der Waals surface area contributed by atoms with Crippen molar-refractivity contribution in [2.45, 2.75) is 37.3 Å². The number of hydroxylamine groups is 1. The van der Waals surface area contributed by atoms with Crippen LogP contribution in [0.3, 0.4) is 0 Å². The van der Waals surface area contributed by atoms with Crippen LogP contribution in [-0.4, -0.2) is 58.5 Å². The van der Waals surface area contributed by atoms with Gasteiger partial charge in [-0.1, -0.05) is 24.7 Å². The van der Waals surface area contributed by atoms with Crippen molar-refractivity contribution in [1.82, 2.24) is 9.78 Å². The van der Waals surface area contributed by atoms with Crippen LogP contribution in [0.4, 0.5) is 10.5 Å². The van der Waals surface area contributed by atoms with Crippen molar-refractivity contribution in [3.63, 3.8) is 0 Å². The number of nitrogens with one attached hydrogen (secondary N) is 1. The number of amides is 2. The molecule has 0 unspecified atom stereocenters. The smallest absolute Gasteiger partial charge is 0.492 e. The van der Waals surface area contributed by atoms with Gasteiger partial charge in [0.1, 0.15) is 12.7 Å². The monoisotopic (exact) mass is 453 g/mol. The van der Waals surface area contributed by atoms with E-state index in [0.717, 1.165) is 28.5 Å². The van der Waals surface area contributed by atoms with E-state index in [-0.39, 0.29) is 11.9 Å². The van der Waals surface area contributed by atoms with E-state index < -0.39 is 11.6 Å². The number of carbonyl (C=O) groups excluding carboxylic acids is 1. The van der Waals surface area contributed by atoms with Gasteiger partial charge in [-0.25, -0.2) is 0 Å². The van der Waals surface area contributed by atoms with Crippen molar-refractivity contribution in [1.29, 1.82) is 0 Å². The number of benzene rings is 1. The second kappa shape index (κ2) is 10.2. The number of terminal acetylenes is 1. The van der Waals surface area contributed by atoms with Crippen molar-refractivity contribution in [2.24, 2.45) is 0 Å². The van der Waals surface area contributed by atoms with Crippen molar-refractivity contribution >= 4 is 28.5 Å². The van der Waals surface area contributed by atoms with E-state index in [1.54, 1.807) is 30.4 Å². The van der Waals surface area contributed by atoms with Gasteiger partial charge in [0.25, 0.3) is 0 Å². The van der Waals surface area contributed by atoms with Gasteiger partial charge in [-0.05, 0) is 31.7 Å². The number of ether oxygens (including phenoxy) is 2. The zero-order chi connectivity index (χ0) is 24.0. The predicted octanol–water partition coefficient (Wildman–Crippen LogP) is 3.42. The predicted molar refractivity (Wildman–Crippen MR) is 125 cm³/mol. The fourth-order valence-electron chi connectivity index (χ4n) is 3.82. The molecule has 2 N–H and O–H groups in total. The quantitative estimate of drug-likeness (QED) is 0.174. The zero-order valence-electron chi connectivity index (χ0n) is 19.1. The molecule has 33 heavy (non-hydrogen) atoms. The molecule has 1 aromatic carbocycles. The minimum Gasteiger partial charge on any atom is -0.492 e. The third-order valence-corrected chi connectivity index (χ3v) is 5.66. The molecule has 1 aliphatic rings. The summed E-state index contributed by atoms with van der Waals surface area (Å²) in [5.74, 6) is 3.11. The first-order chi connectivity index (χ1) is 15.9. The molecule has 0 radical (unpaired) electrons. The Balaban J connectivity index is 1.89. The summed E-state index contributed by atoms with van der Waals surface area (Å²) in [6.45, 7) is 3.60. The molecule has 1 saturated carbocycles. The maximum Gasteiger partial charge on any atom is 0.539 e. The van der Waals surface area contributed by atoms with Gasteiger partial charge >= 0.3 is 11.9 Å². The number of fused-ring (bicyclic) bond motifs is 1. The van der Waals surface area contributed by atoms with E-state index in [1.807, 2.05) is 10.9 Å². The molecule has 3 rings (SSSR count). The third kappa shape index (κ3) is 5.18. The first-order valence-electron chi connectivity index (χ1n) is 10.5. The largest absolute Gasteiger partial charge is 0.539 e. The topological polar surface area (TPSA) is 97.9 Å². The molecule has 1 aliphatic carbocycles. The molecule has 2 aromatic rings. The van der Waals surface area contributed by atoms with Crippen molar-refractivity contribution < 1.29 is 29.0 Å². The van der Waals surface area contributed by atoms with Crippen molar-refractivity contribution in [2.75, 3.05) is 26.6 Å². The van der Waals surface area contributed by atoms with Crippen LogP contribution < -0.4 is 10.1 Å². The highest BCUT2D eigenvalue weighted by atomic mass is 16.7. The van der Waals surface area contributed by atoms with Gasteiger partial charge in [0.15, 0.2) is 11.4 Å². The van der Waals surface area contributed by atoms with E-state index in [9.17, 15) is 9.90 Å². The minimum absolute atomic E-state index is 0.134. The summed E-state index contributed by atoms with van der Waals surface area (Å²) in [5, 5.41) is 18.6. The molecule has 1 aromatic heterocycles. The summed E-state index contributed by atoms with van der Waals surface area (Å²) in [4.78, 5) is 18.1. The number of methoxy groups -OCH3 is 2. The van der Waals surface area contributed by atoms with Gasteiger partial charge in [0.2, 0.25) is 0 Å². The van der Waals surface area contributed by atoms with Crippen LogP contribution in [0, 0.1) is 12.3 Å². The van der Waals surface area contributed by atoms with Crippen LogP contribution in [-0.2, 0) is 9.57 Å². The van der Waals surface area contributed by atoms with Crippen molar-refractivity contribution in [3.8, 4) is 18.1 Å². The molecular formula is C24H29N4O5+. The highest BCUT2D eigenvalue weighted by Crippen LogP contribution is 2.36. The minimum atomic E-state index is -1.03. The Hall–Kier alpha value is -3.77. The molecule has 2 amide bonds. The molecule has 1 heterocycles. The van der Waals surface area contributed by atoms with Gasteiger partial charge < -0.3 is 19.4 Å². The van der Waals surface area contributed by atoms with Gasteiger partial charge in [0.05, 0.1) is 25.8 Å². The second-order valence-electron chi connectivity index (χ2n) is 7.67. The summed E-state index contributed by atoms with van der Waals surface area (Å²) in [6, 6.07) is 3.11. The average Bonchev–Trinajstić information content (AvgIpc) is 3.24. The lowest BCUT2D eigenvalue weighted by atomic mass is 9.83. The number of carbonyl (C=O) groups is 1. The number of hydrogen-bond donors (Lipinski definition) is 2. The van der Waals surface area contributed by atoms with Crippen LogP contribution in [0.2, 0.25) is 0 Å². The average molecular weight is 454 g/mol. The molecule has 0 atom stereocenters. The summed E-state index contributed by atoms with van der Waals surface area (Å²) < 4.78 is 13.6. The lowest BCUT2D eigenvalue weighted by molar-refractivity contribution is -0.708. The highest BCUT2D eigenvalue weighted by molar-refractivity contribution is 5.95. The van der Waals surface area contributed by atoms with Crippen LogP contribution >= 0.6 is 0 Å². The standard InChI is InChI=1S/C24H28N4O5/c1-6-8-9-22(32-4)28(33-5)23(29)25-20-14-17-16-27(26-19(17)15-21(20)31-3)18-10-12-24(30,7-2)13-11-18/h2,6,8-9,14-16,18,30H,1,10-13H2,3-5H3/p+1/b9-8-,28-22-. The molecular weight excluding hydrogens is 424 g/mol. The fraction of sp³-hybridized carbons (Fsp3) is 0.375. The zero-order valence-corrected chi connectivity index (χ0v) is 19.1. The number of allylic oxidation sites excluding steroid dienone is 2. The van der Waals surface area contributed by atoms with Crippen molar-refractivity contribution in [3.05, 3.63) is 43.1 Å². The summed E-state index contributed by atoms with van der Waals surface area (Å²) in [6.07, 6.45) is 14.6. The number of nitrogens with zero attached hydrogens (tertiary/aromatic N) is 3. The summed E-state index contributed by atoms with van der Waals surface area (Å²) in [7, 11) is 4.30. The SMILES string of the molecule is C#CC1(O)CCC(n2cc3cc(NC(=O)/[N+](OC)=C(\C=C/C=C)OC)c(OC)cc3n2)CC1. The van der Waals surface area contributed by atoms with E-state index >= 15 is 0 Å². The number of rotatable bonds is 6. The van der Waals surface area contributed by atoms with Gasteiger partial charge in [0, 0.05) is 28.5 Å². The summed E-state index contributed by atoms with van der Waals surface area (Å²) >= 11 is 0. The third-order valence-electron chi connectivity index (χ3n) is 5.66. The number of aliphatic hydroxyl groups is 1. The van der Waals surface area contributed by atoms with E-state index in [2.05, 4.69) is 22.9 Å². The maximum atomic E-state index is 12.9. The number of urea groups is 1. The highest BCUT2D eigenvalue weighted by Gasteiger charge is 2.32. The Morgan fingerprint density at radius 2 is 2.12 bits per heavy atom. The van der Waals surface area contributed by atoms with E-state index in [4.69, 9.17) is 20.7 Å². The molecule has 0 spiro atoms. The molecule has 9 heteroatoms. The van der Waals surface area contributed by atoms with Crippen LogP contribution in [0.1, 0.15) is 31.7 Å². The molecule has 0 bridgehead atoms. The Morgan fingerprint density at radius 3 is 2.70 bits per heavy atom. The van der Waals surface area contributed by atoms with E-state index in [1.165, 1.54) is 21.3 Å². The number of anilines is 1. The van der Waals surface area contributed by atoms with Gasteiger partial charge in [-0.3, -0.25) is 4.68 Å². The Morgan fingerprint density at radius 1 is 1.39 bits per heavy atom. The normalized spacial score (nSPS) is 21.2. The number of aromatic nitrogens is 2. The second-order valence-corrected chi connectivity index (χ2v) is 7.67. The Bertz CT molecular complexity index is 1130. The molecule has 0 aliphatic heterocycles. The van der Waals surface area contributed by atoms with Gasteiger partial charge in [-0.2, -0.15) is 15.2 Å². The first kappa shape index (κ1) is 23.9. The van der Waals surface area contributed by atoms with Crippen LogP contribution in [0.25, 0.3) is 10.9 Å². The van der Waals surface area contributed by atoms with Crippen LogP contribution in [0.15, 0.2) is 43.1 Å². The van der Waals surface area contributed by atoms with E-state index in [0.29, 0.717) is 24.3 Å². The molecule has 174 valence electrons. The number of hydrogen-bond acceptors (Lipinski definition) is 6.